The van der Waals surface area contributed by atoms with Gasteiger partial charge in [-0.15, -0.1) is 23.4 Å². The molecule has 0 spiro atoms. The number of aromatic nitrogens is 5. The number of hydrogen-bond acceptors (Lipinski definition) is 8. The van der Waals surface area contributed by atoms with Gasteiger partial charge in [-0.2, -0.15) is 4.80 Å². The number of rotatable bonds is 8. The molecule has 2 atom stereocenters. The molecule has 0 aliphatic rings. The molecule has 33 heavy (non-hydrogen) atoms. The van der Waals surface area contributed by atoms with Gasteiger partial charge >= 0.3 is 6.36 Å². The van der Waals surface area contributed by atoms with Gasteiger partial charge in [-0.05, 0) is 35.5 Å². The van der Waals surface area contributed by atoms with Crippen LogP contribution < -0.4 is 9.88 Å². The van der Waals surface area contributed by atoms with Crippen molar-refractivity contribution in [2.45, 2.75) is 31.0 Å². The molecule has 178 valence electrons. The fourth-order valence-electron chi connectivity index (χ4n) is 3.00. The molecule has 2 unspecified atom stereocenters. The van der Waals surface area contributed by atoms with E-state index in [1.165, 1.54) is 19.1 Å². The molecular weight excluding hydrogens is 472 g/mol. The third-order valence-corrected chi connectivity index (χ3v) is 6.04. The second-order valence-corrected chi connectivity index (χ2v) is 8.77. The molecule has 0 bridgehead atoms. The van der Waals surface area contributed by atoms with E-state index in [4.69, 9.17) is 5.14 Å². The Bertz CT molecular complexity index is 1230. The van der Waals surface area contributed by atoms with Crippen LogP contribution >= 0.6 is 0 Å². The summed E-state index contributed by atoms with van der Waals surface area (Å²) in [5, 5.41) is 24.9. The maximum Gasteiger partial charge on any atom is 0.573 e. The number of nitrogens with zero attached hydrogens (tertiary/aromatic N) is 5. The number of sulfonamides is 1. The van der Waals surface area contributed by atoms with Crippen LogP contribution in [0.5, 0.6) is 5.75 Å². The van der Waals surface area contributed by atoms with Crippen molar-refractivity contribution in [2.24, 2.45) is 5.14 Å². The summed E-state index contributed by atoms with van der Waals surface area (Å²) < 4.78 is 78.4. The number of primary sulfonamides is 1. The van der Waals surface area contributed by atoms with Crippen LogP contribution in [0.15, 0.2) is 36.4 Å². The highest BCUT2D eigenvalue weighted by molar-refractivity contribution is 7.89. The molecule has 0 saturated carbocycles. The minimum atomic E-state index is -4.93. The van der Waals surface area contributed by atoms with Crippen molar-refractivity contribution < 1.29 is 35.8 Å². The standard InChI is InChI=1S/C18H18F4N6O4S/c1-10(16(9-29)33(23,30)31)14-3-2-4-15(24-14)17-25-27-28(26-17)8-11-7-12(5-6-13(11)19)32-18(20,21)22/h2-7,10,16,29H,8-9H2,1H3,(H2,23,30,31). The van der Waals surface area contributed by atoms with Gasteiger partial charge in [-0.25, -0.2) is 22.9 Å². The third kappa shape index (κ3) is 6.21. The first kappa shape index (κ1) is 24.5. The average molecular weight is 490 g/mol. The van der Waals surface area contributed by atoms with Gasteiger partial charge in [0, 0.05) is 17.2 Å². The minimum absolute atomic E-state index is 0.00306. The van der Waals surface area contributed by atoms with Crippen molar-refractivity contribution in [3.8, 4) is 17.3 Å². The fraction of sp³-hybridized carbons (Fsp3) is 0.333. The van der Waals surface area contributed by atoms with E-state index in [0.29, 0.717) is 5.69 Å². The Morgan fingerprint density at radius 1 is 1.24 bits per heavy atom. The second kappa shape index (κ2) is 9.36. The third-order valence-electron chi connectivity index (χ3n) is 4.64. The van der Waals surface area contributed by atoms with Crippen molar-refractivity contribution in [1.29, 1.82) is 0 Å². The number of hydrogen-bond donors (Lipinski definition) is 2. The van der Waals surface area contributed by atoms with E-state index in [-0.39, 0.29) is 23.6 Å². The summed E-state index contributed by atoms with van der Waals surface area (Å²) in [5.74, 6) is -2.15. The lowest BCUT2D eigenvalue weighted by molar-refractivity contribution is -0.274. The predicted octanol–water partition coefficient (Wildman–Crippen LogP) is 1.57. The highest BCUT2D eigenvalue weighted by atomic mass is 32.2. The van der Waals surface area contributed by atoms with Crippen LogP contribution in [-0.2, 0) is 16.6 Å². The molecule has 10 nitrogen and oxygen atoms in total. The van der Waals surface area contributed by atoms with Crippen LogP contribution in [-0.4, -0.2) is 56.9 Å². The maximum atomic E-state index is 14.0. The number of alkyl halides is 3. The van der Waals surface area contributed by atoms with Crippen LogP contribution in [0.2, 0.25) is 0 Å². The Labute approximate surface area is 185 Å². The van der Waals surface area contributed by atoms with Crippen LogP contribution in [0.4, 0.5) is 17.6 Å². The average Bonchev–Trinajstić information content (AvgIpc) is 3.17. The lowest BCUT2D eigenvalue weighted by atomic mass is 10.0. The highest BCUT2D eigenvalue weighted by Gasteiger charge is 2.31. The largest absolute Gasteiger partial charge is 0.573 e. The van der Waals surface area contributed by atoms with E-state index in [2.05, 4.69) is 25.1 Å². The molecule has 3 rings (SSSR count). The van der Waals surface area contributed by atoms with Crippen LogP contribution in [0.3, 0.4) is 0 Å². The smallest absolute Gasteiger partial charge is 0.406 e. The molecule has 0 amide bonds. The van der Waals surface area contributed by atoms with Crippen molar-refractivity contribution >= 4 is 10.0 Å². The van der Waals surface area contributed by atoms with Gasteiger partial charge in [0.1, 0.15) is 22.5 Å². The molecule has 2 heterocycles. The summed E-state index contributed by atoms with van der Waals surface area (Å²) in [6, 6.07) is 7.14. The maximum absolute atomic E-state index is 14.0. The summed E-state index contributed by atoms with van der Waals surface area (Å²) >= 11 is 0. The zero-order chi connectivity index (χ0) is 24.4. The number of aliphatic hydroxyl groups is 1. The lowest BCUT2D eigenvalue weighted by Crippen LogP contribution is -2.36. The number of benzene rings is 1. The van der Waals surface area contributed by atoms with Crippen molar-refractivity contribution in [2.75, 3.05) is 6.61 Å². The van der Waals surface area contributed by atoms with Crippen LogP contribution in [0.25, 0.3) is 11.5 Å². The van der Waals surface area contributed by atoms with Gasteiger partial charge in [-0.3, -0.25) is 0 Å². The number of nitrogens with two attached hydrogens (primary N) is 1. The summed E-state index contributed by atoms with van der Waals surface area (Å²) in [6.45, 7) is 0.478. The summed E-state index contributed by atoms with van der Waals surface area (Å²) in [6.07, 6.45) is -4.93. The lowest BCUT2D eigenvalue weighted by Gasteiger charge is -2.19. The zero-order valence-corrected chi connectivity index (χ0v) is 17.8. The molecule has 0 aliphatic carbocycles. The van der Waals surface area contributed by atoms with Crippen molar-refractivity contribution in [3.63, 3.8) is 0 Å². The monoisotopic (exact) mass is 490 g/mol. The Morgan fingerprint density at radius 3 is 2.61 bits per heavy atom. The Balaban J connectivity index is 1.83. The van der Waals surface area contributed by atoms with Gasteiger partial charge in [0.05, 0.1) is 13.2 Å². The van der Waals surface area contributed by atoms with Gasteiger partial charge in [0.15, 0.2) is 0 Å². The van der Waals surface area contributed by atoms with Gasteiger partial charge in [0.2, 0.25) is 15.8 Å². The Morgan fingerprint density at radius 2 is 1.97 bits per heavy atom. The number of pyridine rings is 1. The Hall–Kier alpha value is -3.17. The SMILES string of the molecule is CC(c1cccc(-c2nnn(Cc3cc(OC(F)(F)F)ccc3F)n2)n1)C(CO)S(N)(=O)=O. The number of tetrazole rings is 1. The topological polar surface area (TPSA) is 146 Å². The quantitative estimate of drug-likeness (QED) is 0.453. The predicted molar refractivity (Wildman–Crippen MR) is 106 cm³/mol. The Kier molecular flexibility index (Phi) is 6.94. The first-order valence-electron chi connectivity index (χ1n) is 9.29. The van der Waals surface area contributed by atoms with E-state index < -0.39 is 45.7 Å². The van der Waals surface area contributed by atoms with Gasteiger partial charge in [0.25, 0.3) is 0 Å². The molecular formula is C18H18F4N6O4S. The van der Waals surface area contributed by atoms with E-state index >= 15 is 0 Å². The first-order chi connectivity index (χ1) is 15.4. The second-order valence-electron chi connectivity index (χ2n) is 6.99. The number of aliphatic hydroxyl groups excluding tert-OH is 1. The van der Waals surface area contributed by atoms with Gasteiger partial charge in [-0.1, -0.05) is 13.0 Å². The van der Waals surface area contributed by atoms with E-state index in [0.717, 1.165) is 23.0 Å². The minimum Gasteiger partial charge on any atom is -0.406 e. The normalized spacial score (nSPS) is 14.2. The molecule has 0 saturated heterocycles. The highest BCUT2D eigenvalue weighted by Crippen LogP contribution is 2.26. The zero-order valence-electron chi connectivity index (χ0n) is 16.9. The molecule has 0 aliphatic heterocycles. The number of halogens is 4. The molecule has 2 aromatic heterocycles. The van der Waals surface area contributed by atoms with E-state index in [9.17, 15) is 31.1 Å². The van der Waals surface area contributed by atoms with E-state index in [1.807, 2.05) is 0 Å². The van der Waals surface area contributed by atoms with Gasteiger partial charge < -0.3 is 9.84 Å². The molecule has 0 radical (unpaired) electrons. The van der Waals surface area contributed by atoms with Crippen molar-refractivity contribution in [1.82, 2.24) is 25.2 Å². The number of ether oxygens (including phenoxy) is 1. The van der Waals surface area contributed by atoms with E-state index in [1.54, 1.807) is 6.07 Å². The van der Waals surface area contributed by atoms with Crippen LogP contribution in [0, 0.1) is 5.82 Å². The summed E-state index contributed by atoms with van der Waals surface area (Å²) in [7, 11) is -4.04. The van der Waals surface area contributed by atoms with Crippen molar-refractivity contribution in [3.05, 3.63) is 53.5 Å². The summed E-state index contributed by atoms with van der Waals surface area (Å²) in [4.78, 5) is 5.24. The van der Waals surface area contributed by atoms with Crippen LogP contribution in [0.1, 0.15) is 24.1 Å². The first-order valence-corrected chi connectivity index (χ1v) is 10.9. The molecule has 3 aromatic rings. The molecule has 15 heteroatoms. The molecule has 0 fully saturated rings. The summed E-state index contributed by atoms with van der Waals surface area (Å²) in [5.41, 5.74) is 0.321. The molecule has 3 N–H and O–H groups in total. The molecule has 1 aromatic carbocycles. The fourth-order valence-corrected chi connectivity index (χ4v) is 3.92.